The lowest BCUT2D eigenvalue weighted by Crippen LogP contribution is -2.41. The van der Waals surface area contributed by atoms with Crippen molar-refractivity contribution in [1.29, 1.82) is 0 Å². The van der Waals surface area contributed by atoms with Gasteiger partial charge in [0.05, 0.1) is 12.1 Å². The molecular formula is C12H14N6O5S. The van der Waals surface area contributed by atoms with Gasteiger partial charge < -0.3 is 26.2 Å². The lowest BCUT2D eigenvalue weighted by Gasteiger charge is -2.13. The molecule has 12 heteroatoms. The van der Waals surface area contributed by atoms with E-state index in [1.807, 2.05) is 0 Å². The van der Waals surface area contributed by atoms with E-state index in [9.17, 15) is 14.4 Å². The number of hydrogen-bond acceptors (Lipinski definition) is 8. The first-order valence-corrected chi connectivity index (χ1v) is 7.68. The van der Waals surface area contributed by atoms with Gasteiger partial charge in [0.2, 0.25) is 11.9 Å². The summed E-state index contributed by atoms with van der Waals surface area (Å²) in [4.78, 5) is 48.1. The van der Waals surface area contributed by atoms with Gasteiger partial charge >= 0.3 is 11.9 Å². The van der Waals surface area contributed by atoms with Crippen molar-refractivity contribution >= 4 is 46.7 Å². The Morgan fingerprint density at radius 1 is 1.33 bits per heavy atom. The maximum absolute atomic E-state index is 11.9. The largest absolute Gasteiger partial charge is 0.481 e. The number of imidazole rings is 1. The van der Waals surface area contributed by atoms with Crippen molar-refractivity contribution in [1.82, 2.24) is 25.3 Å². The SMILES string of the molecule is Nc1nc(SCC(=O)N[C@@H](CCC(=O)O)C(=O)O)c2[nH]cnc2n1. The number of nitrogen functional groups attached to an aromatic ring is 1. The van der Waals surface area contributed by atoms with E-state index in [1.165, 1.54) is 6.33 Å². The smallest absolute Gasteiger partial charge is 0.326 e. The fourth-order valence-electron chi connectivity index (χ4n) is 1.82. The maximum Gasteiger partial charge on any atom is 0.326 e. The molecule has 11 nitrogen and oxygen atoms in total. The molecule has 128 valence electrons. The van der Waals surface area contributed by atoms with Crippen LogP contribution < -0.4 is 11.1 Å². The minimum Gasteiger partial charge on any atom is -0.481 e. The molecule has 0 spiro atoms. The van der Waals surface area contributed by atoms with Crippen LogP contribution in [-0.4, -0.2) is 59.8 Å². The highest BCUT2D eigenvalue weighted by atomic mass is 32.2. The number of carboxylic acid groups (broad SMARTS) is 2. The van der Waals surface area contributed by atoms with Gasteiger partial charge in [-0.1, -0.05) is 11.8 Å². The number of nitrogens with zero attached hydrogens (tertiary/aromatic N) is 3. The molecule has 24 heavy (non-hydrogen) atoms. The Kier molecular flexibility index (Phi) is 5.52. The molecule has 0 aromatic carbocycles. The second-order valence-electron chi connectivity index (χ2n) is 4.67. The molecule has 2 aromatic heterocycles. The Bertz CT molecular complexity index is 778. The molecule has 2 rings (SSSR count). The van der Waals surface area contributed by atoms with Crippen molar-refractivity contribution in [2.45, 2.75) is 23.9 Å². The predicted molar refractivity (Wildman–Crippen MR) is 83.3 cm³/mol. The first-order chi connectivity index (χ1) is 11.4. The van der Waals surface area contributed by atoms with Crippen molar-refractivity contribution in [3.63, 3.8) is 0 Å². The van der Waals surface area contributed by atoms with E-state index in [0.717, 1.165) is 11.8 Å². The molecule has 0 aliphatic heterocycles. The average Bonchev–Trinajstić information content (AvgIpc) is 2.96. The highest BCUT2D eigenvalue weighted by Gasteiger charge is 2.21. The van der Waals surface area contributed by atoms with Crippen molar-refractivity contribution in [2.75, 3.05) is 11.5 Å². The van der Waals surface area contributed by atoms with Gasteiger partial charge in [-0.15, -0.1) is 0 Å². The highest BCUT2D eigenvalue weighted by Crippen LogP contribution is 2.23. The molecule has 2 aromatic rings. The number of amides is 1. The Balaban J connectivity index is 1.97. The monoisotopic (exact) mass is 354 g/mol. The maximum atomic E-state index is 11.9. The summed E-state index contributed by atoms with van der Waals surface area (Å²) in [5.41, 5.74) is 6.43. The Labute approximate surface area is 139 Å². The zero-order valence-electron chi connectivity index (χ0n) is 12.2. The lowest BCUT2D eigenvalue weighted by atomic mass is 10.1. The summed E-state index contributed by atoms with van der Waals surface area (Å²) in [5, 5.41) is 20.3. The molecule has 2 heterocycles. The van der Waals surface area contributed by atoms with Crippen LogP contribution in [0.3, 0.4) is 0 Å². The number of fused-ring (bicyclic) bond motifs is 1. The molecule has 0 radical (unpaired) electrons. The number of aliphatic carboxylic acids is 2. The third-order valence-corrected chi connectivity index (χ3v) is 3.87. The normalized spacial score (nSPS) is 12.0. The summed E-state index contributed by atoms with van der Waals surface area (Å²) in [6, 6.07) is -1.27. The number of rotatable bonds is 8. The van der Waals surface area contributed by atoms with Crippen molar-refractivity contribution in [2.24, 2.45) is 0 Å². The van der Waals surface area contributed by atoms with E-state index in [4.69, 9.17) is 15.9 Å². The molecule has 0 unspecified atom stereocenters. The average molecular weight is 354 g/mol. The Morgan fingerprint density at radius 2 is 2.08 bits per heavy atom. The zero-order chi connectivity index (χ0) is 17.7. The van der Waals surface area contributed by atoms with Crippen LogP contribution in [0.25, 0.3) is 11.2 Å². The van der Waals surface area contributed by atoms with Gasteiger partial charge in [-0.25, -0.2) is 14.8 Å². The standard InChI is InChI=1S/C12H14N6O5S/c13-12-17-9-8(14-4-15-9)10(18-12)24-3-6(19)16-5(11(22)23)1-2-7(20)21/h4-5H,1-3H2,(H,16,19)(H,20,21)(H,22,23)(H3,13,14,15,17,18)/t5-/m0/s1. The third kappa shape index (κ3) is 4.55. The number of carbonyl (C=O) groups is 3. The number of nitrogens with two attached hydrogens (primary N) is 1. The zero-order valence-corrected chi connectivity index (χ0v) is 13.0. The molecule has 1 amide bonds. The number of aromatic amines is 1. The fraction of sp³-hybridized carbons (Fsp3) is 0.333. The molecule has 0 fully saturated rings. The van der Waals surface area contributed by atoms with E-state index in [1.54, 1.807) is 0 Å². The molecule has 0 aliphatic rings. The Hall–Kier alpha value is -2.89. The number of anilines is 1. The van der Waals surface area contributed by atoms with Gasteiger partial charge in [-0.3, -0.25) is 9.59 Å². The number of carbonyl (C=O) groups excluding carboxylic acids is 1. The van der Waals surface area contributed by atoms with Gasteiger partial charge in [-0.2, -0.15) is 4.98 Å². The minimum atomic E-state index is -1.29. The molecule has 0 bridgehead atoms. The molecule has 0 aliphatic carbocycles. The fourth-order valence-corrected chi connectivity index (χ4v) is 2.63. The summed E-state index contributed by atoms with van der Waals surface area (Å²) in [5.74, 6) is -3.12. The highest BCUT2D eigenvalue weighted by molar-refractivity contribution is 8.00. The molecular weight excluding hydrogens is 340 g/mol. The predicted octanol–water partition coefficient (Wildman–Crippen LogP) is -0.539. The third-order valence-electron chi connectivity index (χ3n) is 2.89. The van der Waals surface area contributed by atoms with Crippen molar-refractivity contribution < 1.29 is 24.6 Å². The van der Waals surface area contributed by atoms with E-state index in [0.29, 0.717) is 16.2 Å². The summed E-state index contributed by atoms with van der Waals surface area (Å²) >= 11 is 1.03. The number of nitrogens with one attached hydrogen (secondary N) is 2. The molecule has 0 saturated heterocycles. The number of thioether (sulfide) groups is 1. The first kappa shape index (κ1) is 17.5. The van der Waals surface area contributed by atoms with Gasteiger partial charge in [-0.05, 0) is 6.42 Å². The van der Waals surface area contributed by atoms with E-state index >= 15 is 0 Å². The van der Waals surface area contributed by atoms with Gasteiger partial charge in [0.25, 0.3) is 0 Å². The molecule has 6 N–H and O–H groups in total. The summed E-state index contributed by atoms with van der Waals surface area (Å²) in [6.45, 7) is 0. The van der Waals surface area contributed by atoms with Crippen LogP contribution in [0.2, 0.25) is 0 Å². The van der Waals surface area contributed by atoms with E-state index in [-0.39, 0.29) is 24.5 Å². The number of aromatic nitrogens is 4. The summed E-state index contributed by atoms with van der Waals surface area (Å²) < 4.78 is 0. The summed E-state index contributed by atoms with van der Waals surface area (Å²) in [7, 11) is 0. The number of H-pyrrole nitrogens is 1. The second-order valence-corrected chi connectivity index (χ2v) is 5.63. The van der Waals surface area contributed by atoms with E-state index < -0.39 is 23.9 Å². The van der Waals surface area contributed by atoms with Crippen LogP contribution in [0.5, 0.6) is 0 Å². The van der Waals surface area contributed by atoms with Crippen LogP contribution in [0.1, 0.15) is 12.8 Å². The van der Waals surface area contributed by atoms with Crippen molar-refractivity contribution in [3.8, 4) is 0 Å². The van der Waals surface area contributed by atoms with Gasteiger partial charge in [0.1, 0.15) is 16.6 Å². The van der Waals surface area contributed by atoms with Gasteiger partial charge in [0, 0.05) is 6.42 Å². The molecule has 1 atom stereocenters. The van der Waals surface area contributed by atoms with Crippen LogP contribution >= 0.6 is 11.8 Å². The van der Waals surface area contributed by atoms with E-state index in [2.05, 4.69) is 25.3 Å². The quantitative estimate of drug-likeness (QED) is 0.304. The number of carboxylic acids is 2. The summed E-state index contributed by atoms with van der Waals surface area (Å²) in [6.07, 6.45) is 0.850. The van der Waals surface area contributed by atoms with Gasteiger partial charge in [0.15, 0.2) is 5.65 Å². The number of hydrogen-bond donors (Lipinski definition) is 5. The first-order valence-electron chi connectivity index (χ1n) is 6.70. The minimum absolute atomic E-state index is 0.00220. The van der Waals surface area contributed by atoms with Crippen LogP contribution in [0.15, 0.2) is 11.4 Å². The Morgan fingerprint density at radius 3 is 2.75 bits per heavy atom. The second kappa shape index (κ2) is 7.59. The lowest BCUT2D eigenvalue weighted by molar-refractivity contribution is -0.142. The van der Waals surface area contributed by atoms with Crippen molar-refractivity contribution in [3.05, 3.63) is 6.33 Å². The topological polar surface area (TPSA) is 184 Å². The van der Waals surface area contributed by atoms with Crippen LogP contribution in [0, 0.1) is 0 Å². The van der Waals surface area contributed by atoms with Crippen LogP contribution in [-0.2, 0) is 14.4 Å². The molecule has 0 saturated carbocycles. The van der Waals surface area contributed by atoms with Crippen LogP contribution in [0.4, 0.5) is 5.95 Å².